The molecule has 0 radical (unpaired) electrons. The van der Waals surface area contributed by atoms with Crippen LogP contribution < -0.4 is 4.74 Å². The number of rotatable bonds is 5. The average Bonchev–Trinajstić information content (AvgIpc) is 2.36. The zero-order valence-corrected chi connectivity index (χ0v) is 10.4. The molecule has 0 fully saturated rings. The molecule has 0 amide bonds. The van der Waals surface area contributed by atoms with Crippen LogP contribution in [0.2, 0.25) is 0 Å². The second-order valence-electron chi connectivity index (χ2n) is 3.54. The molecular formula is C13H18O4. The predicted molar refractivity (Wildman–Crippen MR) is 64.0 cm³/mol. The zero-order chi connectivity index (χ0) is 12.8. The molecule has 1 atom stereocenters. The van der Waals surface area contributed by atoms with Crippen molar-refractivity contribution in [2.75, 3.05) is 13.7 Å². The molecule has 4 nitrogen and oxygen atoms in total. The minimum atomic E-state index is -1.25. The lowest BCUT2D eigenvalue weighted by atomic mass is 9.99. The van der Waals surface area contributed by atoms with Crippen LogP contribution in [0.5, 0.6) is 5.75 Å². The van der Waals surface area contributed by atoms with E-state index in [0.29, 0.717) is 17.7 Å². The normalized spacial score (nSPS) is 12.0. The van der Waals surface area contributed by atoms with Gasteiger partial charge in [-0.1, -0.05) is 19.1 Å². The summed E-state index contributed by atoms with van der Waals surface area (Å²) < 4.78 is 10.0. The van der Waals surface area contributed by atoms with Gasteiger partial charge in [-0.05, 0) is 25.0 Å². The van der Waals surface area contributed by atoms with Crippen LogP contribution in [0.1, 0.15) is 31.1 Å². The van der Waals surface area contributed by atoms with E-state index in [1.165, 1.54) is 0 Å². The summed E-state index contributed by atoms with van der Waals surface area (Å²) in [5.74, 6) is 0.0452. The second kappa shape index (κ2) is 6.25. The van der Waals surface area contributed by atoms with Crippen molar-refractivity contribution in [1.82, 2.24) is 0 Å². The molecule has 0 saturated heterocycles. The van der Waals surface area contributed by atoms with Crippen molar-refractivity contribution in [3.8, 4) is 5.75 Å². The summed E-state index contributed by atoms with van der Waals surface area (Å²) >= 11 is 0. The number of aliphatic hydroxyl groups excluding tert-OH is 1. The summed E-state index contributed by atoms with van der Waals surface area (Å²) in [6.45, 7) is 3.90. The summed E-state index contributed by atoms with van der Waals surface area (Å²) in [7, 11) is 1.56. The fourth-order valence-electron chi connectivity index (χ4n) is 1.76. The Labute approximate surface area is 101 Å². The molecule has 0 heterocycles. The van der Waals surface area contributed by atoms with Crippen molar-refractivity contribution in [1.29, 1.82) is 0 Å². The summed E-state index contributed by atoms with van der Waals surface area (Å²) in [4.78, 5) is 11.5. The van der Waals surface area contributed by atoms with E-state index in [4.69, 9.17) is 9.47 Å². The molecule has 0 aromatic heterocycles. The number of methoxy groups -OCH3 is 1. The van der Waals surface area contributed by atoms with Gasteiger partial charge in [0.15, 0.2) is 6.10 Å². The Kier molecular flexibility index (Phi) is 4.97. The zero-order valence-electron chi connectivity index (χ0n) is 10.4. The first kappa shape index (κ1) is 13.5. The van der Waals surface area contributed by atoms with Crippen LogP contribution in [0, 0.1) is 0 Å². The highest BCUT2D eigenvalue weighted by molar-refractivity contribution is 5.77. The van der Waals surface area contributed by atoms with E-state index >= 15 is 0 Å². The lowest BCUT2D eigenvalue weighted by Crippen LogP contribution is -2.17. The predicted octanol–water partition coefficient (Wildman–Crippen LogP) is 1.85. The van der Waals surface area contributed by atoms with Gasteiger partial charge in [-0.2, -0.15) is 0 Å². The van der Waals surface area contributed by atoms with Gasteiger partial charge in [-0.3, -0.25) is 0 Å². The van der Waals surface area contributed by atoms with Crippen LogP contribution in [-0.4, -0.2) is 24.8 Å². The topological polar surface area (TPSA) is 55.8 Å². The van der Waals surface area contributed by atoms with E-state index in [-0.39, 0.29) is 6.61 Å². The summed E-state index contributed by atoms with van der Waals surface area (Å²) in [5, 5.41) is 9.92. The highest BCUT2D eigenvalue weighted by Crippen LogP contribution is 2.28. The lowest BCUT2D eigenvalue weighted by molar-refractivity contribution is -0.153. The van der Waals surface area contributed by atoms with Crippen molar-refractivity contribution in [3.63, 3.8) is 0 Å². The van der Waals surface area contributed by atoms with Crippen LogP contribution in [0.25, 0.3) is 0 Å². The number of aliphatic hydroxyl groups is 1. The molecule has 0 aliphatic rings. The first-order valence-corrected chi connectivity index (χ1v) is 5.66. The van der Waals surface area contributed by atoms with Crippen molar-refractivity contribution < 1.29 is 19.4 Å². The minimum Gasteiger partial charge on any atom is -0.496 e. The van der Waals surface area contributed by atoms with Gasteiger partial charge in [-0.25, -0.2) is 4.79 Å². The van der Waals surface area contributed by atoms with Crippen molar-refractivity contribution in [2.45, 2.75) is 26.4 Å². The smallest absolute Gasteiger partial charge is 0.339 e. The molecule has 94 valence electrons. The molecule has 17 heavy (non-hydrogen) atoms. The van der Waals surface area contributed by atoms with Crippen molar-refractivity contribution in [2.24, 2.45) is 0 Å². The number of esters is 1. The van der Waals surface area contributed by atoms with Gasteiger partial charge in [0.05, 0.1) is 13.7 Å². The van der Waals surface area contributed by atoms with Crippen LogP contribution in [0.3, 0.4) is 0 Å². The van der Waals surface area contributed by atoms with E-state index < -0.39 is 12.1 Å². The molecule has 0 aliphatic carbocycles. The maximum Gasteiger partial charge on any atom is 0.339 e. The van der Waals surface area contributed by atoms with Gasteiger partial charge in [0, 0.05) is 5.56 Å². The van der Waals surface area contributed by atoms with E-state index in [2.05, 4.69) is 0 Å². The SMILES string of the molecule is CCOC(=O)C(O)c1cccc(OC)c1CC. The van der Waals surface area contributed by atoms with E-state index in [1.807, 2.05) is 6.92 Å². The molecule has 0 aliphatic heterocycles. The summed E-state index contributed by atoms with van der Waals surface area (Å²) in [6.07, 6.45) is -0.574. The molecule has 4 heteroatoms. The number of benzene rings is 1. The Morgan fingerprint density at radius 1 is 1.41 bits per heavy atom. The van der Waals surface area contributed by atoms with Crippen LogP contribution in [0.15, 0.2) is 18.2 Å². The lowest BCUT2D eigenvalue weighted by Gasteiger charge is -2.16. The maximum absolute atomic E-state index is 11.5. The van der Waals surface area contributed by atoms with Gasteiger partial charge in [0.25, 0.3) is 0 Å². The Hall–Kier alpha value is -1.55. The average molecular weight is 238 g/mol. The van der Waals surface area contributed by atoms with E-state index in [0.717, 1.165) is 5.56 Å². The third-order valence-corrected chi connectivity index (χ3v) is 2.55. The molecule has 1 unspecified atom stereocenters. The monoisotopic (exact) mass is 238 g/mol. The fourth-order valence-corrected chi connectivity index (χ4v) is 1.76. The van der Waals surface area contributed by atoms with E-state index in [9.17, 15) is 9.90 Å². The third-order valence-electron chi connectivity index (χ3n) is 2.55. The Morgan fingerprint density at radius 3 is 2.65 bits per heavy atom. The molecular weight excluding hydrogens is 220 g/mol. The van der Waals surface area contributed by atoms with Gasteiger partial charge in [0.2, 0.25) is 0 Å². The fraction of sp³-hybridized carbons (Fsp3) is 0.462. The van der Waals surface area contributed by atoms with Gasteiger partial charge < -0.3 is 14.6 Å². The third kappa shape index (κ3) is 2.97. The largest absolute Gasteiger partial charge is 0.496 e. The molecule has 0 saturated carbocycles. The van der Waals surface area contributed by atoms with Crippen LogP contribution in [0.4, 0.5) is 0 Å². The second-order valence-corrected chi connectivity index (χ2v) is 3.54. The number of carbonyl (C=O) groups is 1. The van der Waals surface area contributed by atoms with Gasteiger partial charge in [-0.15, -0.1) is 0 Å². The highest BCUT2D eigenvalue weighted by atomic mass is 16.5. The quantitative estimate of drug-likeness (QED) is 0.795. The number of hydrogen-bond donors (Lipinski definition) is 1. The highest BCUT2D eigenvalue weighted by Gasteiger charge is 2.22. The molecule has 1 aromatic rings. The molecule has 0 bridgehead atoms. The van der Waals surface area contributed by atoms with Crippen LogP contribution in [-0.2, 0) is 16.0 Å². The van der Waals surface area contributed by atoms with Crippen LogP contribution >= 0.6 is 0 Å². The summed E-state index contributed by atoms with van der Waals surface area (Å²) in [6, 6.07) is 5.26. The summed E-state index contributed by atoms with van der Waals surface area (Å²) in [5.41, 5.74) is 1.38. The van der Waals surface area contributed by atoms with Gasteiger partial charge >= 0.3 is 5.97 Å². The standard InChI is InChI=1S/C13H18O4/c1-4-9-10(7-6-8-11(9)16-3)12(14)13(15)17-5-2/h6-8,12,14H,4-5H2,1-3H3. The molecule has 1 N–H and O–H groups in total. The molecule has 1 aromatic carbocycles. The van der Waals surface area contributed by atoms with Crippen molar-refractivity contribution in [3.05, 3.63) is 29.3 Å². The van der Waals surface area contributed by atoms with Gasteiger partial charge in [0.1, 0.15) is 5.75 Å². The Morgan fingerprint density at radius 2 is 2.12 bits per heavy atom. The maximum atomic E-state index is 11.5. The number of hydrogen-bond acceptors (Lipinski definition) is 4. The van der Waals surface area contributed by atoms with Crippen molar-refractivity contribution >= 4 is 5.97 Å². The first-order chi connectivity index (χ1) is 8.15. The minimum absolute atomic E-state index is 0.251. The Balaban J connectivity index is 3.08. The first-order valence-electron chi connectivity index (χ1n) is 5.66. The number of carbonyl (C=O) groups excluding carboxylic acids is 1. The molecule has 0 spiro atoms. The molecule has 1 rings (SSSR count). The number of ether oxygens (including phenoxy) is 2. The van der Waals surface area contributed by atoms with E-state index in [1.54, 1.807) is 32.2 Å². The Bertz CT molecular complexity index is 387.